The maximum absolute atomic E-state index is 11.1. The van der Waals surface area contributed by atoms with Crippen molar-refractivity contribution >= 4 is 17.5 Å². The summed E-state index contributed by atoms with van der Waals surface area (Å²) in [7, 11) is 0. The van der Waals surface area contributed by atoms with Crippen molar-refractivity contribution in [2.75, 3.05) is 5.88 Å². The first kappa shape index (κ1) is 11.9. The largest absolute Gasteiger partial charge is 0.352 e. The third kappa shape index (κ3) is 2.78. The molecule has 88 valence electrons. The van der Waals surface area contributed by atoms with Crippen molar-refractivity contribution < 1.29 is 4.79 Å². The van der Waals surface area contributed by atoms with Crippen LogP contribution >= 0.6 is 11.6 Å². The topological polar surface area (TPSA) is 52.9 Å². The smallest absolute Gasteiger partial charge is 0.235 e. The summed E-state index contributed by atoms with van der Waals surface area (Å²) in [6.07, 6.45) is 1.86. The van der Waals surface area contributed by atoms with Crippen LogP contribution < -0.4 is 5.32 Å². The second-order valence-corrected chi connectivity index (χ2v) is 4.57. The summed E-state index contributed by atoms with van der Waals surface area (Å²) in [4.78, 5) is 11.1. The van der Waals surface area contributed by atoms with Crippen molar-refractivity contribution in [3.63, 3.8) is 0 Å². The molecule has 0 unspecified atom stereocenters. The minimum absolute atomic E-state index is 0.0189. The van der Waals surface area contributed by atoms with E-state index in [1.54, 1.807) is 6.07 Å². The van der Waals surface area contributed by atoms with Crippen LogP contribution in [0.2, 0.25) is 0 Å². The van der Waals surface area contributed by atoms with Crippen molar-refractivity contribution in [1.82, 2.24) is 5.32 Å². The number of alkyl halides is 1. The van der Waals surface area contributed by atoms with Gasteiger partial charge in [0, 0.05) is 6.04 Å². The van der Waals surface area contributed by atoms with E-state index in [1.165, 1.54) is 5.56 Å². The minimum atomic E-state index is -0.110. The molecule has 1 aromatic carbocycles. The first-order chi connectivity index (χ1) is 8.22. The molecule has 1 saturated carbocycles. The molecule has 0 spiro atoms. The molecule has 1 amide bonds. The highest BCUT2D eigenvalue weighted by Gasteiger charge is 2.31. The van der Waals surface area contributed by atoms with Crippen molar-refractivity contribution in [2.45, 2.75) is 24.8 Å². The zero-order valence-corrected chi connectivity index (χ0v) is 10.1. The Balaban J connectivity index is 1.91. The van der Waals surface area contributed by atoms with Gasteiger partial charge in [0.15, 0.2) is 0 Å². The number of carbonyl (C=O) groups excluding carboxylic acids is 1. The van der Waals surface area contributed by atoms with E-state index in [-0.39, 0.29) is 17.8 Å². The number of benzene rings is 1. The van der Waals surface area contributed by atoms with E-state index < -0.39 is 0 Å². The molecule has 1 N–H and O–H groups in total. The van der Waals surface area contributed by atoms with Crippen LogP contribution in [0.15, 0.2) is 24.3 Å². The fraction of sp³-hybridized carbons (Fsp3) is 0.385. The average molecular weight is 249 g/mol. The molecular formula is C13H13ClN2O. The summed E-state index contributed by atoms with van der Waals surface area (Å²) in [6.45, 7) is 0. The molecule has 3 nitrogen and oxygen atoms in total. The zero-order chi connectivity index (χ0) is 12.3. The fourth-order valence-electron chi connectivity index (χ4n) is 2.14. The molecule has 0 saturated heterocycles. The molecule has 0 radical (unpaired) electrons. The molecule has 0 bridgehead atoms. The monoisotopic (exact) mass is 248 g/mol. The highest BCUT2D eigenvalue weighted by Crippen LogP contribution is 2.36. The summed E-state index contributed by atoms with van der Waals surface area (Å²) in [5.41, 5.74) is 1.87. The lowest BCUT2D eigenvalue weighted by Gasteiger charge is -2.36. The molecule has 4 heteroatoms. The van der Waals surface area contributed by atoms with Crippen molar-refractivity contribution in [1.29, 1.82) is 5.26 Å². The highest BCUT2D eigenvalue weighted by atomic mass is 35.5. The van der Waals surface area contributed by atoms with Gasteiger partial charge in [0.05, 0.1) is 11.6 Å². The number of nitrogens with zero attached hydrogens (tertiary/aromatic N) is 1. The lowest BCUT2D eigenvalue weighted by atomic mass is 9.75. The maximum Gasteiger partial charge on any atom is 0.235 e. The first-order valence-corrected chi connectivity index (χ1v) is 6.11. The van der Waals surface area contributed by atoms with Crippen LogP contribution in [-0.4, -0.2) is 17.8 Å². The predicted octanol–water partition coefficient (Wildman–Crippen LogP) is 2.16. The highest BCUT2D eigenvalue weighted by molar-refractivity contribution is 6.27. The molecule has 17 heavy (non-hydrogen) atoms. The minimum Gasteiger partial charge on any atom is -0.352 e. The van der Waals surface area contributed by atoms with Crippen LogP contribution in [0.5, 0.6) is 0 Å². The molecule has 1 aliphatic rings. The Morgan fingerprint density at radius 2 is 2.29 bits per heavy atom. The summed E-state index contributed by atoms with van der Waals surface area (Å²) in [6, 6.07) is 10.0. The van der Waals surface area contributed by atoms with Gasteiger partial charge in [-0.05, 0) is 36.5 Å². The van der Waals surface area contributed by atoms with E-state index in [4.69, 9.17) is 16.9 Å². The Morgan fingerprint density at radius 1 is 1.53 bits per heavy atom. The Labute approximate surface area is 105 Å². The van der Waals surface area contributed by atoms with Gasteiger partial charge in [0.1, 0.15) is 5.88 Å². The maximum atomic E-state index is 11.1. The molecule has 0 atom stereocenters. The second kappa shape index (κ2) is 5.20. The quantitative estimate of drug-likeness (QED) is 0.834. The fourth-order valence-corrected chi connectivity index (χ4v) is 2.21. The Kier molecular flexibility index (Phi) is 3.65. The van der Waals surface area contributed by atoms with E-state index in [0.717, 1.165) is 12.8 Å². The third-order valence-corrected chi connectivity index (χ3v) is 3.35. The second-order valence-electron chi connectivity index (χ2n) is 4.30. The molecule has 0 aromatic heterocycles. The van der Waals surface area contributed by atoms with Gasteiger partial charge in [-0.1, -0.05) is 12.1 Å². The zero-order valence-electron chi connectivity index (χ0n) is 9.32. The number of nitriles is 1. The molecule has 1 aromatic rings. The van der Waals surface area contributed by atoms with Gasteiger partial charge < -0.3 is 5.32 Å². The van der Waals surface area contributed by atoms with Gasteiger partial charge >= 0.3 is 0 Å². The first-order valence-electron chi connectivity index (χ1n) is 5.58. The third-order valence-electron chi connectivity index (χ3n) is 3.11. The Hall–Kier alpha value is -1.53. The lowest BCUT2D eigenvalue weighted by molar-refractivity contribution is -0.120. The van der Waals surface area contributed by atoms with E-state index in [2.05, 4.69) is 11.4 Å². The van der Waals surface area contributed by atoms with E-state index >= 15 is 0 Å². The van der Waals surface area contributed by atoms with Crippen LogP contribution in [0.4, 0.5) is 0 Å². The van der Waals surface area contributed by atoms with Gasteiger partial charge in [0.2, 0.25) is 5.91 Å². The predicted molar refractivity (Wildman–Crippen MR) is 65.8 cm³/mol. The Morgan fingerprint density at radius 3 is 2.94 bits per heavy atom. The number of hydrogen-bond donors (Lipinski definition) is 1. The standard InChI is InChI=1S/C13H13ClN2O/c14-7-13(17)16-12-5-11(6-12)10-3-1-2-9(4-10)8-15/h1-4,11-12H,5-7H2,(H,16,17). The number of halogens is 1. The van der Waals surface area contributed by atoms with Crippen molar-refractivity contribution in [3.8, 4) is 6.07 Å². The SMILES string of the molecule is N#Cc1cccc(C2CC(NC(=O)CCl)C2)c1. The van der Waals surface area contributed by atoms with E-state index in [0.29, 0.717) is 11.5 Å². The average Bonchev–Trinajstić information content (AvgIpc) is 2.32. The molecule has 0 heterocycles. The van der Waals surface area contributed by atoms with Crippen LogP contribution in [0.25, 0.3) is 0 Å². The van der Waals surface area contributed by atoms with E-state index in [9.17, 15) is 4.79 Å². The Bertz CT molecular complexity index is 461. The summed E-state index contributed by atoms with van der Waals surface area (Å²) in [5, 5.41) is 11.7. The summed E-state index contributed by atoms with van der Waals surface area (Å²) < 4.78 is 0. The van der Waals surface area contributed by atoms with Gasteiger partial charge in [0.25, 0.3) is 0 Å². The normalized spacial score (nSPS) is 22.4. The van der Waals surface area contributed by atoms with Gasteiger partial charge in [-0.2, -0.15) is 5.26 Å². The molecule has 1 aliphatic carbocycles. The summed E-state index contributed by atoms with van der Waals surface area (Å²) in [5.74, 6) is 0.357. The number of hydrogen-bond acceptors (Lipinski definition) is 2. The molecule has 2 rings (SSSR count). The number of nitrogens with one attached hydrogen (secondary N) is 1. The van der Waals surface area contributed by atoms with Gasteiger partial charge in [-0.3, -0.25) is 4.79 Å². The van der Waals surface area contributed by atoms with Crippen LogP contribution in [0, 0.1) is 11.3 Å². The van der Waals surface area contributed by atoms with Gasteiger partial charge in [-0.25, -0.2) is 0 Å². The molecular weight excluding hydrogens is 236 g/mol. The number of amides is 1. The molecule has 1 fully saturated rings. The van der Waals surface area contributed by atoms with Crippen LogP contribution in [-0.2, 0) is 4.79 Å². The van der Waals surface area contributed by atoms with Crippen LogP contribution in [0.1, 0.15) is 29.9 Å². The number of carbonyl (C=O) groups is 1. The number of rotatable bonds is 3. The lowest BCUT2D eigenvalue weighted by Crippen LogP contribution is -2.43. The van der Waals surface area contributed by atoms with E-state index in [1.807, 2.05) is 18.2 Å². The van der Waals surface area contributed by atoms with Crippen molar-refractivity contribution in [3.05, 3.63) is 35.4 Å². The molecule has 0 aliphatic heterocycles. The van der Waals surface area contributed by atoms with Crippen LogP contribution in [0.3, 0.4) is 0 Å². The van der Waals surface area contributed by atoms with Gasteiger partial charge in [-0.15, -0.1) is 11.6 Å². The van der Waals surface area contributed by atoms with Crippen molar-refractivity contribution in [2.24, 2.45) is 0 Å². The summed E-state index contributed by atoms with van der Waals surface area (Å²) >= 11 is 5.42.